The molecule has 1 heterocycles. The minimum atomic E-state index is 0.0724. The summed E-state index contributed by atoms with van der Waals surface area (Å²) >= 11 is 15.9. The molecule has 0 aliphatic heterocycles. The third-order valence-electron chi connectivity index (χ3n) is 3.05. The van der Waals surface area contributed by atoms with Crippen molar-refractivity contribution < 1.29 is 5.11 Å². The van der Waals surface area contributed by atoms with E-state index in [1.165, 1.54) is 11.3 Å². The minimum absolute atomic E-state index is 0.0724. The quantitative estimate of drug-likeness (QED) is 0.404. The molecule has 0 radical (unpaired) electrons. The third kappa shape index (κ3) is 3.72. The molecule has 3 nitrogen and oxygen atoms in total. The summed E-state index contributed by atoms with van der Waals surface area (Å²) < 4.78 is 3.13. The van der Waals surface area contributed by atoms with Crippen molar-refractivity contribution in [1.82, 2.24) is 4.57 Å². The van der Waals surface area contributed by atoms with E-state index in [-0.39, 0.29) is 5.88 Å². The van der Waals surface area contributed by atoms with Gasteiger partial charge in [-0.3, -0.25) is 9.56 Å². The topological polar surface area (TPSA) is 37.5 Å². The standard InChI is InChI=1S/C16H10BrClN2OS2/c17-10-1-5-12(6-2-10)19-9-14-15(21)20(16(22)23-14)13-7-3-11(18)4-8-13/h1-9,21H. The summed E-state index contributed by atoms with van der Waals surface area (Å²) in [7, 11) is 0. The molecule has 7 heteroatoms. The van der Waals surface area contributed by atoms with Crippen LogP contribution in [-0.4, -0.2) is 15.9 Å². The van der Waals surface area contributed by atoms with Crippen LogP contribution in [0.4, 0.5) is 5.69 Å². The Labute approximate surface area is 155 Å². The predicted octanol–water partition coefficient (Wildman–Crippen LogP) is 6.14. The van der Waals surface area contributed by atoms with Crippen LogP contribution in [0.2, 0.25) is 5.02 Å². The van der Waals surface area contributed by atoms with Crippen LogP contribution in [0.3, 0.4) is 0 Å². The molecule has 0 bridgehead atoms. The highest BCUT2D eigenvalue weighted by molar-refractivity contribution is 9.10. The molecule has 0 fully saturated rings. The molecule has 0 saturated carbocycles. The molecule has 0 aliphatic carbocycles. The summed E-state index contributed by atoms with van der Waals surface area (Å²) in [6, 6.07) is 14.7. The van der Waals surface area contributed by atoms with E-state index in [1.807, 2.05) is 24.3 Å². The number of hydrogen-bond acceptors (Lipinski definition) is 4. The zero-order valence-corrected chi connectivity index (χ0v) is 15.6. The number of nitrogens with zero attached hydrogens (tertiary/aromatic N) is 2. The van der Waals surface area contributed by atoms with Gasteiger partial charge >= 0.3 is 0 Å². The van der Waals surface area contributed by atoms with Gasteiger partial charge in [-0.25, -0.2) is 0 Å². The third-order valence-corrected chi connectivity index (χ3v) is 5.13. The van der Waals surface area contributed by atoms with Crippen molar-refractivity contribution in [3.05, 3.63) is 66.9 Å². The number of halogens is 2. The number of hydrogen-bond donors (Lipinski definition) is 1. The predicted molar refractivity (Wildman–Crippen MR) is 103 cm³/mol. The van der Waals surface area contributed by atoms with Crippen LogP contribution in [0.1, 0.15) is 4.88 Å². The SMILES string of the molecule is Oc1c(C=Nc2ccc(Br)cc2)sc(=S)n1-c1ccc(Cl)cc1. The van der Waals surface area contributed by atoms with Crippen LogP contribution >= 0.6 is 51.1 Å². The Hall–Kier alpha value is -1.47. The van der Waals surface area contributed by atoms with Crippen molar-refractivity contribution in [2.75, 3.05) is 0 Å². The fraction of sp³-hybridized carbons (Fsp3) is 0. The zero-order chi connectivity index (χ0) is 16.4. The second-order valence-corrected chi connectivity index (χ2v) is 7.63. The molecule has 2 aromatic carbocycles. The lowest BCUT2D eigenvalue weighted by Crippen LogP contribution is -1.92. The fourth-order valence-electron chi connectivity index (χ4n) is 1.94. The number of benzene rings is 2. The molecule has 0 amide bonds. The number of thiazole rings is 1. The van der Waals surface area contributed by atoms with Gasteiger partial charge in [0.2, 0.25) is 5.88 Å². The van der Waals surface area contributed by atoms with Gasteiger partial charge in [0.25, 0.3) is 0 Å². The summed E-state index contributed by atoms with van der Waals surface area (Å²) in [6.45, 7) is 0. The van der Waals surface area contributed by atoms with Crippen LogP contribution in [0.5, 0.6) is 5.88 Å². The molecule has 3 rings (SSSR count). The number of aromatic nitrogens is 1. The summed E-state index contributed by atoms with van der Waals surface area (Å²) in [5.41, 5.74) is 1.56. The maximum absolute atomic E-state index is 10.4. The highest BCUT2D eigenvalue weighted by atomic mass is 79.9. The van der Waals surface area contributed by atoms with E-state index < -0.39 is 0 Å². The second kappa shape index (κ2) is 6.97. The molecule has 1 aromatic heterocycles. The smallest absolute Gasteiger partial charge is 0.216 e. The van der Waals surface area contributed by atoms with Crippen LogP contribution in [0.15, 0.2) is 58.0 Å². The van der Waals surface area contributed by atoms with Crippen molar-refractivity contribution in [3.8, 4) is 11.6 Å². The molecular weight excluding hydrogens is 416 g/mol. The summed E-state index contributed by atoms with van der Waals surface area (Å²) in [4.78, 5) is 4.97. The van der Waals surface area contributed by atoms with E-state index in [0.29, 0.717) is 13.9 Å². The van der Waals surface area contributed by atoms with Gasteiger partial charge in [0.1, 0.15) is 4.88 Å². The molecule has 116 valence electrons. The van der Waals surface area contributed by atoms with Gasteiger partial charge in [0.05, 0.1) is 17.6 Å². The Kier molecular flexibility index (Phi) is 4.96. The summed E-state index contributed by atoms with van der Waals surface area (Å²) in [6.07, 6.45) is 1.62. The van der Waals surface area contributed by atoms with Crippen molar-refractivity contribution in [2.45, 2.75) is 0 Å². The first-order valence-corrected chi connectivity index (χ1v) is 8.94. The molecule has 23 heavy (non-hydrogen) atoms. The van der Waals surface area contributed by atoms with Crippen LogP contribution < -0.4 is 0 Å². The van der Waals surface area contributed by atoms with Crippen LogP contribution in [0.25, 0.3) is 5.69 Å². The maximum atomic E-state index is 10.4. The van der Waals surface area contributed by atoms with Gasteiger partial charge in [0.15, 0.2) is 3.95 Å². The first-order chi connectivity index (χ1) is 11.0. The fourth-order valence-corrected chi connectivity index (χ4v) is 3.56. The van der Waals surface area contributed by atoms with E-state index in [2.05, 4.69) is 20.9 Å². The van der Waals surface area contributed by atoms with E-state index in [0.717, 1.165) is 15.8 Å². The largest absolute Gasteiger partial charge is 0.493 e. The minimum Gasteiger partial charge on any atom is -0.493 e. The monoisotopic (exact) mass is 424 g/mol. The lowest BCUT2D eigenvalue weighted by molar-refractivity contribution is 0.441. The van der Waals surface area contributed by atoms with E-state index >= 15 is 0 Å². The molecule has 0 unspecified atom stereocenters. The molecule has 0 aliphatic rings. The molecule has 0 saturated heterocycles. The average Bonchev–Trinajstić information content (AvgIpc) is 2.82. The Bertz CT molecular complexity index is 915. The molecule has 3 aromatic rings. The maximum Gasteiger partial charge on any atom is 0.216 e. The first kappa shape index (κ1) is 16.4. The van der Waals surface area contributed by atoms with Crippen molar-refractivity contribution >= 4 is 63.0 Å². The second-order valence-electron chi connectivity index (χ2n) is 4.60. The highest BCUT2D eigenvalue weighted by Gasteiger charge is 2.11. The van der Waals surface area contributed by atoms with Crippen LogP contribution in [0, 0.1) is 3.95 Å². The summed E-state index contributed by atoms with van der Waals surface area (Å²) in [5.74, 6) is 0.0724. The molecular formula is C16H10BrClN2OS2. The Morgan fingerprint density at radius 1 is 1.13 bits per heavy atom. The summed E-state index contributed by atoms with van der Waals surface area (Å²) in [5, 5.41) is 11.1. The number of aliphatic imine (C=N–C) groups is 1. The van der Waals surface area contributed by atoms with Crippen molar-refractivity contribution in [3.63, 3.8) is 0 Å². The average molecular weight is 426 g/mol. The van der Waals surface area contributed by atoms with Gasteiger partial charge in [-0.2, -0.15) is 0 Å². The van der Waals surface area contributed by atoms with Gasteiger partial charge in [-0.1, -0.05) is 38.9 Å². The molecule has 0 spiro atoms. The lowest BCUT2D eigenvalue weighted by Gasteiger charge is -2.04. The van der Waals surface area contributed by atoms with Gasteiger partial charge in [0, 0.05) is 9.50 Å². The van der Waals surface area contributed by atoms with E-state index in [1.54, 1.807) is 35.0 Å². The lowest BCUT2D eigenvalue weighted by atomic mass is 10.3. The van der Waals surface area contributed by atoms with E-state index in [9.17, 15) is 5.11 Å². The number of rotatable bonds is 3. The number of aromatic hydroxyl groups is 1. The Morgan fingerprint density at radius 3 is 2.43 bits per heavy atom. The van der Waals surface area contributed by atoms with E-state index in [4.69, 9.17) is 23.8 Å². The molecule has 0 atom stereocenters. The highest BCUT2D eigenvalue weighted by Crippen LogP contribution is 2.29. The van der Waals surface area contributed by atoms with Crippen molar-refractivity contribution in [2.24, 2.45) is 4.99 Å². The Balaban J connectivity index is 1.96. The zero-order valence-electron chi connectivity index (χ0n) is 11.6. The van der Waals surface area contributed by atoms with Crippen molar-refractivity contribution in [1.29, 1.82) is 0 Å². The first-order valence-electron chi connectivity index (χ1n) is 6.55. The normalized spacial score (nSPS) is 11.2. The van der Waals surface area contributed by atoms with Gasteiger partial charge in [-0.15, -0.1) is 0 Å². The van der Waals surface area contributed by atoms with Crippen LogP contribution in [-0.2, 0) is 0 Å². The molecule has 1 N–H and O–H groups in total. The van der Waals surface area contributed by atoms with Gasteiger partial charge in [-0.05, 0) is 60.7 Å². The Morgan fingerprint density at radius 2 is 1.78 bits per heavy atom. The van der Waals surface area contributed by atoms with Gasteiger partial charge < -0.3 is 5.11 Å².